The lowest BCUT2D eigenvalue weighted by Gasteiger charge is -2.07. The largest absolute Gasteiger partial charge is 0.504 e. The van der Waals surface area contributed by atoms with Crippen LogP contribution >= 0.6 is 0 Å². The van der Waals surface area contributed by atoms with Gasteiger partial charge in [-0.1, -0.05) is 23.8 Å². The van der Waals surface area contributed by atoms with E-state index in [-0.39, 0.29) is 9.79 Å². The highest BCUT2D eigenvalue weighted by molar-refractivity contribution is 8.31. The minimum atomic E-state index is -4.52. The third kappa shape index (κ3) is 3.42. The smallest absolute Gasteiger partial charge is 0.359 e. The second-order valence-corrected chi connectivity index (χ2v) is 9.84. The maximum absolute atomic E-state index is 12.8. The first-order valence-electron chi connectivity index (χ1n) is 7.38. The zero-order valence-corrected chi connectivity index (χ0v) is 15.9. The standard InChI is InChI=1S/C17H18N2O4S2/c1-11-5-8-16(14(4)9-11)25(22,23)17(19-18)24(20,21)15-7-6-12(2)13(3)10-15/h5-10H,1-4H3. The summed E-state index contributed by atoms with van der Waals surface area (Å²) < 4.78 is 49.8. The van der Waals surface area contributed by atoms with Crippen molar-refractivity contribution in [2.75, 3.05) is 0 Å². The number of benzene rings is 2. The molecule has 0 aliphatic rings. The van der Waals surface area contributed by atoms with E-state index in [1.54, 1.807) is 45.9 Å². The molecule has 0 unspecified atom stereocenters. The molecule has 0 N–H and O–H groups in total. The summed E-state index contributed by atoms with van der Waals surface area (Å²) in [6.07, 6.45) is 0. The monoisotopic (exact) mass is 378 g/mol. The molecule has 0 saturated carbocycles. The van der Waals surface area contributed by atoms with Crippen molar-refractivity contribution in [3.8, 4) is 0 Å². The van der Waals surface area contributed by atoms with E-state index in [9.17, 15) is 22.4 Å². The normalized spacial score (nSPS) is 11.8. The Labute approximate surface area is 147 Å². The Hall–Kier alpha value is -2.28. The maximum Gasteiger partial charge on any atom is 0.504 e. The van der Waals surface area contributed by atoms with Crippen molar-refractivity contribution in [2.45, 2.75) is 37.5 Å². The highest BCUT2D eigenvalue weighted by atomic mass is 32.3. The lowest BCUT2D eigenvalue weighted by atomic mass is 10.1. The van der Waals surface area contributed by atoms with Gasteiger partial charge in [-0.3, -0.25) is 0 Å². The van der Waals surface area contributed by atoms with Crippen molar-refractivity contribution in [3.63, 3.8) is 0 Å². The molecular weight excluding hydrogens is 360 g/mol. The Kier molecular flexibility index (Phi) is 4.99. The van der Waals surface area contributed by atoms with Gasteiger partial charge in [0, 0.05) is 0 Å². The summed E-state index contributed by atoms with van der Waals surface area (Å²) in [5, 5.41) is 0. The van der Waals surface area contributed by atoms with Crippen molar-refractivity contribution in [1.29, 1.82) is 0 Å². The molecule has 0 aromatic heterocycles. The molecule has 2 aromatic rings. The first-order chi connectivity index (χ1) is 11.5. The highest BCUT2D eigenvalue weighted by Crippen LogP contribution is 2.24. The van der Waals surface area contributed by atoms with E-state index in [1.165, 1.54) is 18.2 Å². The molecule has 2 rings (SSSR count). The van der Waals surface area contributed by atoms with Crippen LogP contribution in [0.15, 0.2) is 46.2 Å². The number of aryl methyl sites for hydroxylation is 4. The summed E-state index contributed by atoms with van der Waals surface area (Å²) in [4.78, 5) is 2.19. The van der Waals surface area contributed by atoms with E-state index < -0.39 is 24.1 Å². The zero-order chi connectivity index (χ0) is 19.0. The fourth-order valence-corrected chi connectivity index (χ4v) is 6.06. The molecule has 0 heterocycles. The molecule has 0 bridgehead atoms. The summed E-state index contributed by atoms with van der Waals surface area (Å²) in [7, 11) is -9.03. The highest BCUT2D eigenvalue weighted by Gasteiger charge is 2.44. The van der Waals surface area contributed by atoms with Crippen LogP contribution in [0.25, 0.3) is 5.53 Å². The SMILES string of the molecule is Cc1ccc(S(=O)(=O)C(=[N+]=[N-])S(=O)(=O)c2ccc(C)c(C)c2)c(C)c1. The lowest BCUT2D eigenvalue weighted by molar-refractivity contribution is 0.00380. The topological polar surface area (TPSA) is 105 Å². The lowest BCUT2D eigenvalue weighted by Crippen LogP contribution is -2.27. The maximum atomic E-state index is 12.8. The van der Waals surface area contributed by atoms with E-state index in [0.29, 0.717) is 11.1 Å². The van der Waals surface area contributed by atoms with Crippen LogP contribution in [-0.4, -0.2) is 26.0 Å². The molecule has 0 atom stereocenters. The third-order valence-electron chi connectivity index (χ3n) is 3.95. The molecule has 0 aliphatic carbocycles. The summed E-state index contributed by atoms with van der Waals surface area (Å²) in [5.41, 5.74) is 12.0. The van der Waals surface area contributed by atoms with Gasteiger partial charge in [0.2, 0.25) is 0 Å². The molecule has 25 heavy (non-hydrogen) atoms. The average molecular weight is 378 g/mol. The van der Waals surface area contributed by atoms with Crippen LogP contribution in [0.2, 0.25) is 0 Å². The summed E-state index contributed by atoms with van der Waals surface area (Å²) in [6.45, 7) is 6.86. The number of hydrogen-bond acceptors (Lipinski definition) is 4. The number of rotatable bonds is 2. The molecule has 0 amide bonds. The van der Waals surface area contributed by atoms with Crippen LogP contribution in [0.1, 0.15) is 22.3 Å². The molecular formula is C17H18N2O4S2. The minimum Gasteiger partial charge on any atom is -0.359 e. The molecule has 0 spiro atoms. The molecule has 0 fully saturated rings. The van der Waals surface area contributed by atoms with Crippen LogP contribution in [0.4, 0.5) is 0 Å². The van der Waals surface area contributed by atoms with Gasteiger partial charge in [0.1, 0.15) is 0 Å². The molecule has 2 aromatic carbocycles. The Morgan fingerprint density at radius 3 is 1.96 bits per heavy atom. The Morgan fingerprint density at radius 1 is 0.800 bits per heavy atom. The predicted molar refractivity (Wildman–Crippen MR) is 94.8 cm³/mol. The quantitative estimate of drug-likeness (QED) is 0.347. The molecule has 6 nitrogen and oxygen atoms in total. The van der Waals surface area contributed by atoms with Crippen LogP contribution in [0, 0.1) is 27.7 Å². The van der Waals surface area contributed by atoms with Crippen LogP contribution in [0.5, 0.6) is 0 Å². The second-order valence-electron chi connectivity index (χ2n) is 5.89. The molecule has 0 saturated heterocycles. The summed E-state index contributed by atoms with van der Waals surface area (Å²) in [5.74, 6) is 0. The van der Waals surface area contributed by atoms with Gasteiger partial charge in [0.05, 0.1) is 9.79 Å². The fraction of sp³-hybridized carbons (Fsp3) is 0.235. The minimum absolute atomic E-state index is 0.210. The van der Waals surface area contributed by atoms with Crippen LogP contribution < -0.4 is 0 Å². The Balaban J connectivity index is 2.70. The van der Waals surface area contributed by atoms with E-state index in [4.69, 9.17) is 0 Å². The van der Waals surface area contributed by atoms with Gasteiger partial charge >= 0.3 is 4.38 Å². The first-order valence-corrected chi connectivity index (χ1v) is 10.3. The summed E-state index contributed by atoms with van der Waals surface area (Å²) in [6, 6.07) is 8.69. The predicted octanol–water partition coefficient (Wildman–Crippen LogP) is 2.75. The Morgan fingerprint density at radius 2 is 1.44 bits per heavy atom. The van der Waals surface area contributed by atoms with E-state index in [2.05, 4.69) is 4.79 Å². The van der Waals surface area contributed by atoms with E-state index in [1.807, 2.05) is 0 Å². The molecule has 132 valence electrons. The van der Waals surface area contributed by atoms with Gasteiger partial charge in [-0.2, -0.15) is 0 Å². The number of nitrogens with zero attached hydrogens (tertiary/aromatic N) is 2. The van der Waals surface area contributed by atoms with Gasteiger partial charge in [-0.05, 0) is 62.6 Å². The second kappa shape index (κ2) is 6.55. The van der Waals surface area contributed by atoms with Gasteiger partial charge in [-0.15, -0.1) is 4.79 Å². The fourth-order valence-electron chi connectivity index (χ4n) is 2.43. The third-order valence-corrected chi connectivity index (χ3v) is 8.26. The summed E-state index contributed by atoms with van der Waals surface area (Å²) >= 11 is 0. The van der Waals surface area contributed by atoms with Crippen LogP contribution in [-0.2, 0) is 19.7 Å². The first kappa shape index (κ1) is 19.1. The van der Waals surface area contributed by atoms with Crippen molar-refractivity contribution in [2.24, 2.45) is 0 Å². The van der Waals surface area contributed by atoms with Crippen LogP contribution in [0.3, 0.4) is 0 Å². The zero-order valence-electron chi connectivity index (χ0n) is 14.3. The van der Waals surface area contributed by atoms with Gasteiger partial charge in [0.15, 0.2) is 0 Å². The van der Waals surface area contributed by atoms with Crippen molar-refractivity contribution < 1.29 is 21.6 Å². The molecule has 8 heteroatoms. The van der Waals surface area contributed by atoms with Crippen molar-refractivity contribution in [3.05, 3.63) is 64.2 Å². The van der Waals surface area contributed by atoms with E-state index in [0.717, 1.165) is 11.1 Å². The van der Waals surface area contributed by atoms with Gasteiger partial charge in [0.25, 0.3) is 19.7 Å². The molecule has 0 aliphatic heterocycles. The molecule has 0 radical (unpaired) electrons. The number of hydrogen-bond donors (Lipinski definition) is 0. The van der Waals surface area contributed by atoms with Gasteiger partial charge in [-0.25, -0.2) is 16.8 Å². The average Bonchev–Trinajstić information content (AvgIpc) is 2.49. The van der Waals surface area contributed by atoms with Gasteiger partial charge < -0.3 is 5.53 Å². The van der Waals surface area contributed by atoms with E-state index >= 15 is 0 Å². The van der Waals surface area contributed by atoms with Crippen molar-refractivity contribution in [1.82, 2.24) is 0 Å². The number of sulfone groups is 2. The van der Waals surface area contributed by atoms with Crippen molar-refractivity contribution >= 4 is 24.1 Å². The Bertz CT molecular complexity index is 1110.